The van der Waals surface area contributed by atoms with Crippen molar-refractivity contribution in [3.8, 4) is 0 Å². The molecule has 0 amide bonds. The molecule has 0 saturated carbocycles. The van der Waals surface area contributed by atoms with Gasteiger partial charge in [-0.15, -0.1) is 0 Å². The molecule has 1 heterocycles. The lowest BCUT2D eigenvalue weighted by Gasteiger charge is -2.23. The largest absolute Gasteiger partial charge is 0.356 e. The Hall–Kier alpha value is -1.31. The second kappa shape index (κ2) is 5.15. The van der Waals surface area contributed by atoms with Crippen LogP contribution in [0.4, 0.5) is 0 Å². The van der Waals surface area contributed by atoms with Crippen LogP contribution in [0.15, 0.2) is 24.3 Å². The van der Waals surface area contributed by atoms with E-state index in [9.17, 15) is 0 Å². The summed E-state index contributed by atoms with van der Waals surface area (Å²) in [5.41, 5.74) is 2.87. The van der Waals surface area contributed by atoms with Gasteiger partial charge < -0.3 is 4.90 Å². The number of hydrogen-bond donors (Lipinski definition) is 1. The van der Waals surface area contributed by atoms with Gasteiger partial charge in [0.1, 0.15) is 0 Å². The van der Waals surface area contributed by atoms with Gasteiger partial charge in [-0.2, -0.15) is 0 Å². The van der Waals surface area contributed by atoms with E-state index in [2.05, 4.69) is 36.1 Å². The van der Waals surface area contributed by atoms with E-state index in [0.717, 1.165) is 38.2 Å². The van der Waals surface area contributed by atoms with Crippen molar-refractivity contribution in [1.29, 1.82) is 5.41 Å². The smallest absolute Gasteiger partial charge is 0.0960 e. The summed E-state index contributed by atoms with van der Waals surface area (Å²) in [7, 11) is 0. The Morgan fingerprint density at radius 2 is 2.06 bits per heavy atom. The molecule has 0 fully saturated rings. The quantitative estimate of drug-likeness (QED) is 0.596. The Bertz CT molecular complexity index is 371. The predicted octanol–water partition coefficient (Wildman–Crippen LogP) is 3.21. The minimum absolute atomic E-state index is 0.805. The van der Waals surface area contributed by atoms with Crippen LogP contribution < -0.4 is 0 Å². The zero-order valence-corrected chi connectivity index (χ0v) is 10.00. The first-order chi connectivity index (χ1) is 7.81. The van der Waals surface area contributed by atoms with Crippen LogP contribution in [0.2, 0.25) is 0 Å². The molecular formula is C14H20N2. The van der Waals surface area contributed by atoms with E-state index in [0.29, 0.717) is 0 Å². The molecule has 0 spiro atoms. The summed E-state index contributed by atoms with van der Waals surface area (Å²) in [6, 6.07) is 8.65. The highest BCUT2D eigenvalue weighted by Gasteiger charge is 2.15. The zero-order chi connectivity index (χ0) is 11.4. The van der Waals surface area contributed by atoms with Crippen LogP contribution >= 0.6 is 0 Å². The number of fused-ring (bicyclic) bond motifs is 1. The van der Waals surface area contributed by atoms with Crippen LogP contribution in [0, 0.1) is 5.41 Å². The average Bonchev–Trinajstić information content (AvgIpc) is 2.51. The molecule has 1 aromatic carbocycles. The zero-order valence-electron chi connectivity index (χ0n) is 10.00. The fourth-order valence-corrected chi connectivity index (χ4v) is 2.33. The normalized spacial score (nSPS) is 15.4. The molecule has 1 aliphatic heterocycles. The van der Waals surface area contributed by atoms with Crippen molar-refractivity contribution in [3.05, 3.63) is 35.4 Å². The van der Waals surface area contributed by atoms with Crippen molar-refractivity contribution in [2.45, 2.75) is 39.2 Å². The summed E-state index contributed by atoms with van der Waals surface area (Å²) in [4.78, 5) is 2.23. The van der Waals surface area contributed by atoms with E-state index in [1.807, 2.05) is 0 Å². The summed E-state index contributed by atoms with van der Waals surface area (Å²) in [5, 5.41) is 8.05. The van der Waals surface area contributed by atoms with Gasteiger partial charge in [0.15, 0.2) is 0 Å². The van der Waals surface area contributed by atoms with E-state index in [1.54, 1.807) is 0 Å². The minimum Gasteiger partial charge on any atom is -0.356 e. The van der Waals surface area contributed by atoms with Gasteiger partial charge in [-0.05, 0) is 30.4 Å². The Morgan fingerprint density at radius 3 is 2.81 bits per heavy atom. The Kier molecular flexibility index (Phi) is 3.60. The predicted molar refractivity (Wildman–Crippen MR) is 67.8 cm³/mol. The molecule has 1 aromatic rings. The Morgan fingerprint density at radius 1 is 1.31 bits per heavy atom. The third kappa shape index (κ3) is 2.43. The highest BCUT2D eigenvalue weighted by Crippen LogP contribution is 2.19. The van der Waals surface area contributed by atoms with Gasteiger partial charge in [0.25, 0.3) is 0 Å². The molecule has 2 rings (SSSR count). The van der Waals surface area contributed by atoms with Gasteiger partial charge in [0, 0.05) is 19.5 Å². The van der Waals surface area contributed by atoms with Gasteiger partial charge in [-0.1, -0.05) is 31.2 Å². The van der Waals surface area contributed by atoms with Crippen LogP contribution in [-0.4, -0.2) is 17.3 Å². The van der Waals surface area contributed by atoms with E-state index < -0.39 is 0 Å². The topological polar surface area (TPSA) is 27.1 Å². The summed E-state index contributed by atoms with van der Waals surface area (Å²) >= 11 is 0. The van der Waals surface area contributed by atoms with E-state index >= 15 is 0 Å². The second-order valence-electron chi connectivity index (χ2n) is 4.49. The molecule has 86 valence electrons. The first-order valence-corrected chi connectivity index (χ1v) is 6.20. The molecule has 0 aliphatic carbocycles. The third-order valence-electron chi connectivity index (χ3n) is 3.22. The second-order valence-corrected chi connectivity index (χ2v) is 4.49. The molecule has 2 nitrogen and oxygen atoms in total. The molecule has 1 N–H and O–H groups in total. The monoisotopic (exact) mass is 216 g/mol. The molecule has 0 aromatic heterocycles. The molecule has 1 aliphatic rings. The third-order valence-corrected chi connectivity index (χ3v) is 3.22. The van der Waals surface area contributed by atoms with Crippen molar-refractivity contribution in [2.24, 2.45) is 0 Å². The molecule has 0 unspecified atom stereocenters. The number of rotatable bonds is 2. The number of benzene rings is 1. The SMILES string of the molecule is CCCC(=N)N1CCCc2ccccc2C1. The van der Waals surface area contributed by atoms with Gasteiger partial charge in [-0.3, -0.25) is 5.41 Å². The van der Waals surface area contributed by atoms with Gasteiger partial charge in [0.05, 0.1) is 5.84 Å². The fourth-order valence-electron chi connectivity index (χ4n) is 2.33. The van der Waals surface area contributed by atoms with Crippen molar-refractivity contribution >= 4 is 5.84 Å². The van der Waals surface area contributed by atoms with Crippen LogP contribution in [0.1, 0.15) is 37.3 Å². The summed E-state index contributed by atoms with van der Waals surface area (Å²) in [5.74, 6) is 0.805. The number of amidine groups is 1. The molecule has 2 heteroatoms. The van der Waals surface area contributed by atoms with Crippen LogP contribution in [0.3, 0.4) is 0 Å². The van der Waals surface area contributed by atoms with Gasteiger partial charge in [0.2, 0.25) is 0 Å². The molecule has 0 saturated heterocycles. The van der Waals surface area contributed by atoms with Crippen LogP contribution in [0.25, 0.3) is 0 Å². The molecular weight excluding hydrogens is 196 g/mol. The molecule has 0 atom stereocenters. The maximum Gasteiger partial charge on any atom is 0.0960 e. The van der Waals surface area contributed by atoms with Crippen molar-refractivity contribution in [1.82, 2.24) is 4.90 Å². The van der Waals surface area contributed by atoms with E-state index in [-0.39, 0.29) is 0 Å². The molecule has 0 radical (unpaired) electrons. The minimum atomic E-state index is 0.805. The molecule has 16 heavy (non-hydrogen) atoms. The maximum absolute atomic E-state index is 8.05. The van der Waals surface area contributed by atoms with Crippen LogP contribution in [-0.2, 0) is 13.0 Å². The van der Waals surface area contributed by atoms with Crippen LogP contribution in [0.5, 0.6) is 0 Å². The number of hydrogen-bond acceptors (Lipinski definition) is 1. The van der Waals surface area contributed by atoms with Crippen molar-refractivity contribution < 1.29 is 0 Å². The highest BCUT2D eigenvalue weighted by atomic mass is 15.2. The molecule has 0 bridgehead atoms. The number of nitrogens with one attached hydrogen (secondary N) is 1. The first-order valence-electron chi connectivity index (χ1n) is 6.20. The fraction of sp³-hybridized carbons (Fsp3) is 0.500. The first kappa shape index (κ1) is 11.2. The lowest BCUT2D eigenvalue weighted by atomic mass is 10.0. The van der Waals surface area contributed by atoms with Crippen molar-refractivity contribution in [3.63, 3.8) is 0 Å². The average molecular weight is 216 g/mol. The Labute approximate surface area is 97.8 Å². The summed E-state index contributed by atoms with van der Waals surface area (Å²) in [6.45, 7) is 4.10. The number of nitrogens with zero attached hydrogens (tertiary/aromatic N) is 1. The number of aryl methyl sites for hydroxylation is 1. The summed E-state index contributed by atoms with van der Waals surface area (Å²) in [6.07, 6.45) is 4.30. The highest BCUT2D eigenvalue weighted by molar-refractivity contribution is 5.79. The lowest BCUT2D eigenvalue weighted by molar-refractivity contribution is 0.405. The maximum atomic E-state index is 8.05. The lowest BCUT2D eigenvalue weighted by Crippen LogP contribution is -2.29. The van der Waals surface area contributed by atoms with Gasteiger partial charge >= 0.3 is 0 Å². The van der Waals surface area contributed by atoms with E-state index in [4.69, 9.17) is 5.41 Å². The standard InChI is InChI=1S/C14H20N2/c1-2-6-14(15)16-10-5-9-12-7-3-4-8-13(12)11-16/h3-4,7-8,15H,2,5-6,9-11H2,1H3. The summed E-state index contributed by atoms with van der Waals surface area (Å²) < 4.78 is 0. The van der Waals surface area contributed by atoms with Gasteiger partial charge in [-0.25, -0.2) is 0 Å². The van der Waals surface area contributed by atoms with E-state index in [1.165, 1.54) is 17.5 Å². The van der Waals surface area contributed by atoms with Crippen molar-refractivity contribution in [2.75, 3.05) is 6.54 Å². The Balaban J connectivity index is 2.13.